The van der Waals surface area contributed by atoms with Crippen molar-refractivity contribution in [3.63, 3.8) is 0 Å². The predicted octanol–water partition coefficient (Wildman–Crippen LogP) is 2.11. The summed E-state index contributed by atoms with van der Waals surface area (Å²) < 4.78 is 70.5. The van der Waals surface area contributed by atoms with Gasteiger partial charge in [0, 0.05) is 12.3 Å². The Morgan fingerprint density at radius 3 is 2.63 bits per heavy atom. The van der Waals surface area contributed by atoms with E-state index in [2.05, 4.69) is 24.5 Å². The number of hydrogen-bond acceptors (Lipinski definition) is 7. The summed E-state index contributed by atoms with van der Waals surface area (Å²) in [5, 5.41) is 12.3. The van der Waals surface area contributed by atoms with Crippen LogP contribution in [0.15, 0.2) is 29.4 Å². The summed E-state index contributed by atoms with van der Waals surface area (Å²) >= 11 is 0. The van der Waals surface area contributed by atoms with Gasteiger partial charge >= 0.3 is 12.5 Å². The molecule has 3 aromatic rings. The quantitative estimate of drug-likeness (QED) is 0.629. The average Bonchev–Trinajstić information content (AvgIpc) is 3.08. The number of ether oxygens (including phenoxy) is 2. The maximum absolute atomic E-state index is 12.6. The van der Waals surface area contributed by atoms with Crippen LogP contribution in [0.2, 0.25) is 0 Å². The summed E-state index contributed by atoms with van der Waals surface area (Å²) in [5.74, 6) is -1.07. The number of imidazole rings is 1. The van der Waals surface area contributed by atoms with E-state index in [-0.39, 0.29) is 22.7 Å². The van der Waals surface area contributed by atoms with Crippen LogP contribution in [0.4, 0.5) is 18.0 Å². The fraction of sp³-hybridized carbons (Fsp3) is 0.154. The Labute approximate surface area is 148 Å². The molecule has 0 atom stereocenters. The number of carbonyl (C=O) groups is 1. The van der Waals surface area contributed by atoms with Crippen LogP contribution in [0.5, 0.6) is 11.5 Å². The number of aromatic amines is 1. The first-order chi connectivity index (χ1) is 12.4. The van der Waals surface area contributed by atoms with E-state index in [1.165, 1.54) is 0 Å². The van der Waals surface area contributed by atoms with Crippen molar-refractivity contribution < 1.29 is 41.0 Å². The molecule has 0 bridgehead atoms. The van der Waals surface area contributed by atoms with Gasteiger partial charge in [-0.05, 0) is 6.07 Å². The summed E-state index contributed by atoms with van der Waals surface area (Å²) in [7, 11) is -4.04. The molecule has 0 radical (unpaired) electrons. The zero-order valence-electron chi connectivity index (χ0n) is 13.2. The highest BCUT2D eigenvalue weighted by Gasteiger charge is 2.34. The third-order valence-corrected chi connectivity index (χ3v) is 4.26. The lowest BCUT2D eigenvalue weighted by molar-refractivity contribution is -0.275. The van der Waals surface area contributed by atoms with Crippen LogP contribution in [-0.4, -0.2) is 52.0 Å². The van der Waals surface area contributed by atoms with Gasteiger partial charge in [0.1, 0.15) is 10.6 Å². The minimum atomic E-state index is -5.10. The van der Waals surface area contributed by atoms with Gasteiger partial charge in [-0.1, -0.05) is 0 Å². The maximum Gasteiger partial charge on any atom is 0.573 e. The number of nitrogens with one attached hydrogen (secondary N) is 1. The largest absolute Gasteiger partial charge is 0.573 e. The first kappa shape index (κ1) is 18.5. The van der Waals surface area contributed by atoms with Gasteiger partial charge in [-0.2, -0.15) is 5.10 Å². The van der Waals surface area contributed by atoms with Crippen LogP contribution in [0.1, 0.15) is 0 Å². The number of benzene rings is 1. The molecule has 1 aromatic carbocycles. The Hall–Kier alpha value is -3.29. The summed E-state index contributed by atoms with van der Waals surface area (Å²) in [4.78, 5) is 16.5. The molecular weight excluding hydrogens is 397 g/mol. The average molecular weight is 406 g/mol. The maximum atomic E-state index is 12.6. The molecular formula is C13H9F3N4O6S. The molecule has 0 aliphatic rings. The summed E-state index contributed by atoms with van der Waals surface area (Å²) in [6.45, 7) is 0. The molecule has 0 spiro atoms. The summed E-state index contributed by atoms with van der Waals surface area (Å²) in [6, 6.07) is 1.76. The molecule has 3 rings (SSSR count). The molecule has 0 aliphatic carbocycles. The molecule has 2 N–H and O–H groups in total. The van der Waals surface area contributed by atoms with E-state index in [0.29, 0.717) is 0 Å². The third kappa shape index (κ3) is 4.11. The van der Waals surface area contributed by atoms with Crippen molar-refractivity contribution >= 4 is 27.0 Å². The molecule has 14 heteroatoms. The topological polar surface area (TPSA) is 136 Å². The number of rotatable bonds is 4. The number of carboxylic acid groups (broad SMARTS) is 1. The second-order valence-corrected chi connectivity index (χ2v) is 7.17. The van der Waals surface area contributed by atoms with Crippen molar-refractivity contribution in [1.82, 2.24) is 19.7 Å². The summed E-state index contributed by atoms with van der Waals surface area (Å²) in [5.41, 5.74) is 0.0593. The molecule has 0 saturated heterocycles. The van der Waals surface area contributed by atoms with Crippen LogP contribution in [0.3, 0.4) is 0 Å². The Bertz CT molecular complexity index is 1130. The lowest BCUT2D eigenvalue weighted by atomic mass is 10.3. The minimum Gasteiger partial charge on any atom is -0.449 e. The van der Waals surface area contributed by atoms with Crippen LogP contribution < -0.4 is 9.47 Å². The van der Waals surface area contributed by atoms with Crippen molar-refractivity contribution in [2.24, 2.45) is 0 Å². The second kappa shape index (κ2) is 6.15. The standard InChI is InChI=1S/C13H9F3N4O6S/c1-27(23,24)10-3-8-7(2-9(10)26-13(14,15)16)18-11(19-8)20-5-6(4-17-20)25-12(21)22/h2-5H,1H3,(H,18,19)(H,21,22). The zero-order valence-corrected chi connectivity index (χ0v) is 14.0. The highest BCUT2D eigenvalue weighted by molar-refractivity contribution is 7.90. The van der Waals surface area contributed by atoms with Crippen molar-refractivity contribution in [1.29, 1.82) is 0 Å². The van der Waals surface area contributed by atoms with Gasteiger partial charge in [-0.15, -0.1) is 13.2 Å². The van der Waals surface area contributed by atoms with E-state index in [4.69, 9.17) is 5.11 Å². The first-order valence-corrected chi connectivity index (χ1v) is 8.77. The van der Waals surface area contributed by atoms with Gasteiger partial charge in [0.25, 0.3) is 0 Å². The number of fused-ring (bicyclic) bond motifs is 1. The van der Waals surface area contributed by atoms with E-state index in [1.807, 2.05) is 0 Å². The monoisotopic (exact) mass is 406 g/mol. The Morgan fingerprint density at radius 2 is 2.04 bits per heavy atom. The molecule has 0 saturated carbocycles. The number of aromatic nitrogens is 4. The van der Waals surface area contributed by atoms with E-state index in [9.17, 15) is 26.4 Å². The lowest BCUT2D eigenvalue weighted by Crippen LogP contribution is -2.18. The SMILES string of the molecule is CS(=O)(=O)c1cc2[nH]c(-n3cc(OC(=O)O)cn3)nc2cc1OC(F)(F)F. The molecule has 2 heterocycles. The zero-order chi connectivity index (χ0) is 20.0. The molecule has 0 fully saturated rings. The molecule has 0 amide bonds. The normalized spacial score (nSPS) is 12.3. The van der Waals surface area contributed by atoms with Crippen LogP contribution >= 0.6 is 0 Å². The van der Waals surface area contributed by atoms with Crippen molar-refractivity contribution in [2.45, 2.75) is 11.3 Å². The lowest BCUT2D eigenvalue weighted by Gasteiger charge is -2.12. The van der Waals surface area contributed by atoms with Gasteiger partial charge in [-0.3, -0.25) is 0 Å². The molecule has 27 heavy (non-hydrogen) atoms. The van der Waals surface area contributed by atoms with Crippen LogP contribution in [0, 0.1) is 0 Å². The smallest absolute Gasteiger partial charge is 0.449 e. The molecule has 144 valence electrons. The molecule has 0 aliphatic heterocycles. The fourth-order valence-corrected chi connectivity index (χ4v) is 2.98. The van der Waals surface area contributed by atoms with Gasteiger partial charge in [-0.25, -0.2) is 22.9 Å². The summed E-state index contributed by atoms with van der Waals surface area (Å²) in [6.07, 6.45) is -3.71. The number of halogens is 3. The number of nitrogens with zero attached hydrogens (tertiary/aromatic N) is 3. The van der Waals surface area contributed by atoms with Crippen LogP contribution in [-0.2, 0) is 9.84 Å². The van der Waals surface area contributed by atoms with E-state index in [1.54, 1.807) is 0 Å². The van der Waals surface area contributed by atoms with E-state index >= 15 is 0 Å². The third-order valence-electron chi connectivity index (χ3n) is 3.14. The first-order valence-electron chi connectivity index (χ1n) is 6.88. The molecule has 0 unspecified atom stereocenters. The number of hydrogen-bond donors (Lipinski definition) is 2. The van der Waals surface area contributed by atoms with Crippen molar-refractivity contribution in [3.8, 4) is 17.4 Å². The van der Waals surface area contributed by atoms with E-state index < -0.39 is 33.0 Å². The fourth-order valence-electron chi connectivity index (χ4n) is 2.18. The Balaban J connectivity index is 2.09. The van der Waals surface area contributed by atoms with Crippen molar-refractivity contribution in [2.75, 3.05) is 6.26 Å². The minimum absolute atomic E-state index is 0.0196. The van der Waals surface area contributed by atoms with Crippen molar-refractivity contribution in [3.05, 3.63) is 24.5 Å². The number of H-pyrrole nitrogens is 1. The van der Waals surface area contributed by atoms with Gasteiger partial charge in [0.05, 0.1) is 23.4 Å². The Kier molecular flexibility index (Phi) is 4.22. The van der Waals surface area contributed by atoms with Crippen LogP contribution in [0.25, 0.3) is 17.0 Å². The predicted molar refractivity (Wildman–Crippen MR) is 81.7 cm³/mol. The highest BCUT2D eigenvalue weighted by atomic mass is 32.2. The molecule has 2 aromatic heterocycles. The Morgan fingerprint density at radius 1 is 1.33 bits per heavy atom. The highest BCUT2D eigenvalue weighted by Crippen LogP contribution is 2.33. The van der Waals surface area contributed by atoms with Gasteiger partial charge in [0.15, 0.2) is 15.6 Å². The van der Waals surface area contributed by atoms with Gasteiger partial charge in [0.2, 0.25) is 5.95 Å². The molecule has 10 nitrogen and oxygen atoms in total. The number of alkyl halides is 3. The second-order valence-electron chi connectivity index (χ2n) is 5.19. The van der Waals surface area contributed by atoms with E-state index in [0.717, 1.165) is 35.5 Å². The van der Waals surface area contributed by atoms with Gasteiger partial charge < -0.3 is 19.6 Å². The number of sulfone groups is 1.